The molecule has 31 heavy (non-hydrogen) atoms. The standard InChI is InChI=1S/C25H31FN4O/c26-20-12-19-14-27-25(13-24(19)30(16-20)23-5-1-2-6-23)28-21-7-9-22(10-8-21)29-11-3-4-18(15-29)17-31/h7-10,12-14,18,23,31H,1-6,11,15-17H2,(H,27,28). The van der Waals surface area contributed by atoms with E-state index in [0.29, 0.717) is 18.5 Å². The molecular weight excluding hydrogens is 391 g/mol. The van der Waals surface area contributed by atoms with Gasteiger partial charge in [-0.3, -0.25) is 0 Å². The Morgan fingerprint density at radius 2 is 1.90 bits per heavy atom. The lowest BCUT2D eigenvalue weighted by Crippen LogP contribution is -2.36. The smallest absolute Gasteiger partial charge is 0.132 e. The number of benzene rings is 1. The number of rotatable bonds is 5. The van der Waals surface area contributed by atoms with Crippen molar-refractivity contribution in [1.29, 1.82) is 0 Å². The number of aliphatic hydroxyl groups excluding tert-OH is 1. The van der Waals surface area contributed by atoms with Crippen molar-refractivity contribution in [2.24, 2.45) is 5.92 Å². The lowest BCUT2D eigenvalue weighted by Gasteiger charge is -2.34. The SMILES string of the molecule is OCC1CCCN(c2ccc(Nc3cc4c(cn3)C=C(F)CN4C3CCCC3)cc2)C1. The third-order valence-corrected chi connectivity index (χ3v) is 6.90. The van der Waals surface area contributed by atoms with E-state index in [0.717, 1.165) is 61.5 Å². The first-order valence-electron chi connectivity index (χ1n) is 11.6. The summed E-state index contributed by atoms with van der Waals surface area (Å²) in [6.45, 7) is 2.57. The van der Waals surface area contributed by atoms with Crippen LogP contribution in [-0.4, -0.2) is 42.4 Å². The normalized spacial score (nSPS) is 21.7. The van der Waals surface area contributed by atoms with Gasteiger partial charge in [-0.05, 0) is 61.9 Å². The molecule has 3 aliphatic rings. The van der Waals surface area contributed by atoms with Crippen LogP contribution in [0.3, 0.4) is 0 Å². The molecule has 1 aromatic carbocycles. The number of nitrogens with one attached hydrogen (secondary N) is 1. The fourth-order valence-electron chi connectivity index (χ4n) is 5.24. The van der Waals surface area contributed by atoms with Gasteiger partial charge in [-0.1, -0.05) is 12.8 Å². The van der Waals surface area contributed by atoms with Gasteiger partial charge in [0.25, 0.3) is 0 Å². The fourth-order valence-corrected chi connectivity index (χ4v) is 5.24. The van der Waals surface area contributed by atoms with Crippen LogP contribution in [0.4, 0.5) is 27.3 Å². The van der Waals surface area contributed by atoms with Crippen molar-refractivity contribution in [3.05, 3.63) is 47.9 Å². The fraction of sp³-hybridized carbons (Fsp3) is 0.480. The number of nitrogens with zero attached hydrogens (tertiary/aromatic N) is 3. The number of piperidine rings is 1. The van der Waals surface area contributed by atoms with Crippen molar-refractivity contribution >= 4 is 29.0 Å². The van der Waals surface area contributed by atoms with Crippen LogP contribution in [0, 0.1) is 5.92 Å². The van der Waals surface area contributed by atoms with Crippen molar-refractivity contribution in [2.45, 2.75) is 44.6 Å². The number of aliphatic hydroxyl groups is 1. The van der Waals surface area contributed by atoms with E-state index in [1.165, 1.54) is 18.5 Å². The number of hydrogen-bond acceptors (Lipinski definition) is 5. The number of halogens is 1. The molecule has 0 bridgehead atoms. The third kappa shape index (κ3) is 4.40. The van der Waals surface area contributed by atoms with Crippen LogP contribution in [0.25, 0.3) is 6.08 Å². The maximum absolute atomic E-state index is 14.2. The van der Waals surface area contributed by atoms with Crippen LogP contribution in [0.5, 0.6) is 0 Å². The first-order valence-corrected chi connectivity index (χ1v) is 11.6. The highest BCUT2D eigenvalue weighted by Gasteiger charge is 2.28. The predicted octanol–water partition coefficient (Wildman–Crippen LogP) is 5.11. The van der Waals surface area contributed by atoms with E-state index >= 15 is 0 Å². The molecule has 1 saturated carbocycles. The van der Waals surface area contributed by atoms with Gasteiger partial charge >= 0.3 is 0 Å². The van der Waals surface area contributed by atoms with Crippen LogP contribution in [0.15, 0.2) is 42.4 Å². The van der Waals surface area contributed by atoms with E-state index in [1.54, 1.807) is 12.3 Å². The van der Waals surface area contributed by atoms with Crippen LogP contribution >= 0.6 is 0 Å². The van der Waals surface area contributed by atoms with Gasteiger partial charge in [0.2, 0.25) is 0 Å². The Kier molecular flexibility index (Phi) is 5.81. The molecule has 1 atom stereocenters. The summed E-state index contributed by atoms with van der Waals surface area (Å²) in [6.07, 6.45) is 10.3. The van der Waals surface area contributed by atoms with Crippen LogP contribution in [0.1, 0.15) is 44.1 Å². The Hall–Kier alpha value is -2.60. The molecule has 2 aliphatic heterocycles. The van der Waals surface area contributed by atoms with Gasteiger partial charge in [0.15, 0.2) is 0 Å². The highest BCUT2D eigenvalue weighted by atomic mass is 19.1. The summed E-state index contributed by atoms with van der Waals surface area (Å²) >= 11 is 0. The minimum Gasteiger partial charge on any atom is -0.396 e. The summed E-state index contributed by atoms with van der Waals surface area (Å²) in [5, 5.41) is 12.9. The molecular formula is C25H31FN4O. The van der Waals surface area contributed by atoms with Crippen LogP contribution in [0.2, 0.25) is 0 Å². The zero-order valence-electron chi connectivity index (χ0n) is 17.9. The van der Waals surface area contributed by atoms with Crippen LogP contribution < -0.4 is 15.1 Å². The molecule has 1 aromatic heterocycles. The quantitative estimate of drug-likeness (QED) is 0.702. The Morgan fingerprint density at radius 3 is 2.68 bits per heavy atom. The minimum absolute atomic E-state index is 0.0846. The average Bonchev–Trinajstić information content (AvgIpc) is 3.34. The molecule has 2 fully saturated rings. The number of aromatic nitrogens is 1. The Morgan fingerprint density at radius 1 is 1.10 bits per heavy atom. The lowest BCUT2D eigenvalue weighted by atomic mass is 9.98. The zero-order valence-corrected chi connectivity index (χ0v) is 17.9. The van der Waals surface area contributed by atoms with Crippen molar-refractivity contribution in [3.8, 4) is 0 Å². The highest BCUT2D eigenvalue weighted by molar-refractivity contribution is 5.76. The molecule has 5 nitrogen and oxygen atoms in total. The second-order valence-corrected chi connectivity index (χ2v) is 9.09. The van der Waals surface area contributed by atoms with Gasteiger partial charge in [0.1, 0.15) is 11.6 Å². The summed E-state index contributed by atoms with van der Waals surface area (Å²) in [5.41, 5.74) is 4.11. The number of fused-ring (bicyclic) bond motifs is 1. The summed E-state index contributed by atoms with van der Waals surface area (Å²) in [5.74, 6) is 1.06. The molecule has 1 unspecified atom stereocenters. The molecule has 0 amide bonds. The summed E-state index contributed by atoms with van der Waals surface area (Å²) in [7, 11) is 0. The van der Waals surface area contributed by atoms with E-state index in [1.807, 2.05) is 0 Å². The summed E-state index contributed by atoms with van der Waals surface area (Å²) < 4.78 is 14.2. The third-order valence-electron chi connectivity index (χ3n) is 6.90. The molecule has 0 radical (unpaired) electrons. The van der Waals surface area contributed by atoms with Crippen LogP contribution in [-0.2, 0) is 0 Å². The number of anilines is 4. The van der Waals surface area contributed by atoms with Crippen molar-refractivity contribution in [3.63, 3.8) is 0 Å². The summed E-state index contributed by atoms with van der Waals surface area (Å²) in [6, 6.07) is 10.9. The Labute approximate surface area is 183 Å². The summed E-state index contributed by atoms with van der Waals surface area (Å²) in [4.78, 5) is 9.11. The first-order chi connectivity index (χ1) is 15.2. The molecule has 3 heterocycles. The maximum atomic E-state index is 14.2. The Balaban J connectivity index is 1.32. The van der Waals surface area contributed by atoms with Gasteiger partial charge < -0.3 is 20.2 Å². The first kappa shape index (κ1) is 20.3. The Bertz CT molecular complexity index is 939. The highest BCUT2D eigenvalue weighted by Crippen LogP contribution is 2.37. The van der Waals surface area contributed by atoms with Crippen molar-refractivity contribution in [1.82, 2.24) is 4.98 Å². The van der Waals surface area contributed by atoms with Gasteiger partial charge in [0.05, 0.1) is 6.54 Å². The predicted molar refractivity (Wildman–Crippen MR) is 125 cm³/mol. The average molecular weight is 423 g/mol. The molecule has 2 N–H and O–H groups in total. The maximum Gasteiger partial charge on any atom is 0.132 e. The van der Waals surface area contributed by atoms with Crippen molar-refractivity contribution < 1.29 is 9.50 Å². The molecule has 5 rings (SSSR count). The van der Waals surface area contributed by atoms with E-state index in [-0.39, 0.29) is 12.4 Å². The minimum atomic E-state index is -0.0846. The van der Waals surface area contributed by atoms with Gasteiger partial charge in [-0.15, -0.1) is 0 Å². The molecule has 1 saturated heterocycles. The molecule has 0 spiro atoms. The molecule has 6 heteroatoms. The second kappa shape index (κ2) is 8.87. The van der Waals surface area contributed by atoms with E-state index in [4.69, 9.17) is 0 Å². The topological polar surface area (TPSA) is 51.6 Å². The lowest BCUT2D eigenvalue weighted by molar-refractivity contribution is 0.209. The largest absolute Gasteiger partial charge is 0.396 e. The van der Waals surface area contributed by atoms with Crippen molar-refractivity contribution in [2.75, 3.05) is 41.4 Å². The van der Waals surface area contributed by atoms with Gasteiger partial charge in [0, 0.05) is 60.6 Å². The van der Waals surface area contributed by atoms with E-state index in [2.05, 4.69) is 50.4 Å². The van der Waals surface area contributed by atoms with Gasteiger partial charge in [-0.2, -0.15) is 0 Å². The van der Waals surface area contributed by atoms with E-state index < -0.39 is 0 Å². The number of hydrogen-bond donors (Lipinski definition) is 2. The second-order valence-electron chi connectivity index (χ2n) is 9.09. The molecule has 1 aliphatic carbocycles. The monoisotopic (exact) mass is 422 g/mol. The van der Waals surface area contributed by atoms with Gasteiger partial charge in [-0.25, -0.2) is 9.37 Å². The molecule has 164 valence electrons. The zero-order chi connectivity index (χ0) is 21.2. The number of pyridine rings is 1. The molecule has 2 aromatic rings. The van der Waals surface area contributed by atoms with E-state index in [9.17, 15) is 9.50 Å².